The predicted molar refractivity (Wildman–Crippen MR) is 148 cm³/mol. The molecule has 0 bridgehead atoms. The third kappa shape index (κ3) is 5.14. The molecule has 6 rings (SSSR count). The van der Waals surface area contributed by atoms with Gasteiger partial charge in [0.2, 0.25) is 0 Å². The molecule has 0 atom stereocenters. The molecule has 0 radical (unpaired) electrons. The topological polar surface area (TPSA) is 95.8 Å². The minimum atomic E-state index is -0.288. The fourth-order valence-electron chi connectivity index (χ4n) is 5.16. The van der Waals surface area contributed by atoms with E-state index in [1.165, 1.54) is 11.3 Å². The Morgan fingerprint density at radius 3 is 2.12 bits per heavy atom. The number of carbonyl (C=O) groups is 2. The molecule has 9 heteroatoms. The van der Waals surface area contributed by atoms with Crippen molar-refractivity contribution in [2.24, 2.45) is 0 Å². The first kappa shape index (κ1) is 25.6. The van der Waals surface area contributed by atoms with Crippen molar-refractivity contribution in [2.75, 3.05) is 20.3 Å². The zero-order valence-corrected chi connectivity index (χ0v) is 22.3. The van der Waals surface area contributed by atoms with Crippen molar-refractivity contribution in [3.8, 4) is 34.6 Å². The molecule has 0 spiro atoms. The summed E-state index contributed by atoms with van der Waals surface area (Å²) in [6, 6.07) is 22.3. The van der Waals surface area contributed by atoms with Gasteiger partial charge in [0.25, 0.3) is 11.8 Å². The summed E-state index contributed by atoms with van der Waals surface area (Å²) in [5.74, 6) is 1.45. The van der Waals surface area contributed by atoms with E-state index in [1.54, 1.807) is 36.1 Å². The fraction of sp³-hybridized carbons (Fsp3) is 0.290. The molecule has 1 fully saturated rings. The number of methoxy groups -OCH3 is 1. The van der Waals surface area contributed by atoms with E-state index < -0.39 is 0 Å². The van der Waals surface area contributed by atoms with Gasteiger partial charge in [0, 0.05) is 5.56 Å². The molecule has 9 nitrogen and oxygen atoms in total. The highest BCUT2D eigenvalue weighted by atomic mass is 16.5. The molecule has 0 N–H and O–H groups in total. The maximum Gasteiger partial charge on any atom is 0.336 e. The van der Waals surface area contributed by atoms with Gasteiger partial charge in [-0.05, 0) is 86.3 Å². The number of nitrogens with zero attached hydrogens (tertiary/aromatic N) is 4. The Labute approximate surface area is 232 Å². The van der Waals surface area contributed by atoms with E-state index in [4.69, 9.17) is 24.3 Å². The van der Waals surface area contributed by atoms with Gasteiger partial charge in [-0.1, -0.05) is 18.6 Å². The minimum Gasteiger partial charge on any atom is -0.497 e. The molecule has 204 valence electrons. The third-order valence-corrected chi connectivity index (χ3v) is 7.30. The summed E-state index contributed by atoms with van der Waals surface area (Å²) >= 11 is 0. The number of aromatic nitrogens is 3. The highest BCUT2D eigenvalue weighted by molar-refractivity contribution is 6.21. The van der Waals surface area contributed by atoms with Gasteiger partial charge in [-0.3, -0.25) is 14.5 Å². The molecular formula is C31H30N4O5. The van der Waals surface area contributed by atoms with Gasteiger partial charge >= 0.3 is 6.01 Å². The van der Waals surface area contributed by atoms with Crippen LogP contribution in [0.3, 0.4) is 0 Å². The van der Waals surface area contributed by atoms with Crippen LogP contribution in [0.4, 0.5) is 0 Å². The van der Waals surface area contributed by atoms with Gasteiger partial charge in [0.1, 0.15) is 24.2 Å². The first-order valence-corrected chi connectivity index (χ1v) is 13.6. The lowest BCUT2D eigenvalue weighted by atomic mass is 9.98. The zero-order valence-electron chi connectivity index (χ0n) is 22.3. The van der Waals surface area contributed by atoms with Crippen molar-refractivity contribution in [3.63, 3.8) is 0 Å². The van der Waals surface area contributed by atoms with Gasteiger partial charge in [-0.25, -0.2) is 4.68 Å². The number of hydrogen-bond donors (Lipinski definition) is 0. The second-order valence-corrected chi connectivity index (χ2v) is 9.89. The van der Waals surface area contributed by atoms with Gasteiger partial charge in [0.05, 0.1) is 30.5 Å². The van der Waals surface area contributed by atoms with Crippen LogP contribution in [0.5, 0.6) is 17.5 Å². The molecule has 40 heavy (non-hydrogen) atoms. The Morgan fingerprint density at radius 2 is 1.48 bits per heavy atom. The second-order valence-electron chi connectivity index (χ2n) is 9.89. The Morgan fingerprint density at radius 1 is 0.825 bits per heavy atom. The zero-order chi connectivity index (χ0) is 27.5. The molecule has 1 saturated carbocycles. The summed E-state index contributed by atoms with van der Waals surface area (Å²) in [6.45, 7) is 0.355. The van der Waals surface area contributed by atoms with E-state index in [0.717, 1.165) is 42.7 Å². The Bertz CT molecular complexity index is 1470. The summed E-state index contributed by atoms with van der Waals surface area (Å²) in [7, 11) is 1.63. The highest BCUT2D eigenvalue weighted by Gasteiger charge is 2.34. The van der Waals surface area contributed by atoms with Crippen molar-refractivity contribution in [1.29, 1.82) is 0 Å². The number of rotatable bonds is 9. The third-order valence-electron chi connectivity index (χ3n) is 7.30. The van der Waals surface area contributed by atoms with E-state index in [2.05, 4.69) is 0 Å². The van der Waals surface area contributed by atoms with Crippen LogP contribution < -0.4 is 14.2 Å². The Balaban J connectivity index is 1.17. The maximum atomic E-state index is 12.6. The monoisotopic (exact) mass is 538 g/mol. The molecule has 2 amide bonds. The fourth-order valence-corrected chi connectivity index (χ4v) is 5.16. The van der Waals surface area contributed by atoms with E-state index in [9.17, 15) is 9.59 Å². The second kappa shape index (κ2) is 11.2. The van der Waals surface area contributed by atoms with Crippen LogP contribution in [-0.2, 0) is 0 Å². The highest BCUT2D eigenvalue weighted by Crippen LogP contribution is 2.29. The molecule has 0 unspecified atom stereocenters. The summed E-state index contributed by atoms with van der Waals surface area (Å²) in [6.07, 6.45) is 5.71. The maximum absolute atomic E-state index is 12.6. The number of fused-ring (bicyclic) bond motifs is 1. The average Bonchev–Trinajstić information content (AvgIpc) is 3.53. The summed E-state index contributed by atoms with van der Waals surface area (Å²) in [4.78, 5) is 31.1. The molecule has 1 aliphatic heterocycles. The van der Waals surface area contributed by atoms with Crippen molar-refractivity contribution in [1.82, 2.24) is 19.7 Å². The Kier molecular flexibility index (Phi) is 7.18. The lowest BCUT2D eigenvalue weighted by molar-refractivity contribution is 0.0631. The summed E-state index contributed by atoms with van der Waals surface area (Å²) in [5, 5.41) is 4.70. The number of ether oxygens (including phenoxy) is 3. The van der Waals surface area contributed by atoms with Gasteiger partial charge in [-0.2, -0.15) is 4.98 Å². The van der Waals surface area contributed by atoms with Gasteiger partial charge in [0.15, 0.2) is 5.82 Å². The molecule has 1 aliphatic carbocycles. The minimum absolute atomic E-state index is 0.131. The summed E-state index contributed by atoms with van der Waals surface area (Å²) in [5.41, 5.74) is 2.55. The van der Waals surface area contributed by atoms with Crippen molar-refractivity contribution >= 4 is 11.8 Å². The Hall–Kier alpha value is -4.66. The molecule has 1 aromatic heterocycles. The van der Waals surface area contributed by atoms with E-state index in [1.807, 2.05) is 48.5 Å². The molecule has 2 heterocycles. The molecule has 0 saturated heterocycles. The molecule has 3 aromatic carbocycles. The molecule has 4 aromatic rings. The predicted octanol–water partition coefficient (Wildman–Crippen LogP) is 5.33. The quantitative estimate of drug-likeness (QED) is 0.266. The van der Waals surface area contributed by atoms with Crippen LogP contribution in [0.2, 0.25) is 0 Å². The van der Waals surface area contributed by atoms with E-state index in [-0.39, 0.29) is 31.1 Å². The SMILES string of the molecule is COc1ccc(-n2nc(OC3CCCCC3)nc2-c2ccc(OCCN3C(=O)c4ccccc4C3=O)cc2)cc1. The molecule has 2 aliphatic rings. The number of carbonyl (C=O) groups excluding carboxylic acids is 2. The first-order chi connectivity index (χ1) is 19.6. The smallest absolute Gasteiger partial charge is 0.336 e. The lowest BCUT2D eigenvalue weighted by Gasteiger charge is -2.20. The van der Waals surface area contributed by atoms with E-state index in [0.29, 0.717) is 28.7 Å². The lowest BCUT2D eigenvalue weighted by Crippen LogP contribution is -2.33. The van der Waals surface area contributed by atoms with E-state index >= 15 is 0 Å². The van der Waals surface area contributed by atoms with Crippen molar-refractivity contribution in [3.05, 3.63) is 83.9 Å². The van der Waals surface area contributed by atoms with Crippen LogP contribution in [0.1, 0.15) is 52.8 Å². The first-order valence-electron chi connectivity index (χ1n) is 13.6. The number of imide groups is 1. The van der Waals surface area contributed by atoms with Gasteiger partial charge < -0.3 is 14.2 Å². The normalized spacial score (nSPS) is 15.3. The number of amides is 2. The largest absolute Gasteiger partial charge is 0.497 e. The average molecular weight is 539 g/mol. The van der Waals surface area contributed by atoms with Crippen LogP contribution in [0.25, 0.3) is 17.1 Å². The molecular weight excluding hydrogens is 508 g/mol. The number of benzene rings is 3. The van der Waals surface area contributed by atoms with Crippen LogP contribution in [0.15, 0.2) is 72.8 Å². The van der Waals surface area contributed by atoms with Crippen LogP contribution >= 0.6 is 0 Å². The van der Waals surface area contributed by atoms with Crippen LogP contribution in [0, 0.1) is 0 Å². The standard InChI is InChI=1S/C31H30N4O5/c1-38-23-17-13-22(14-18-23)35-28(32-31(33-35)40-25-7-3-2-4-8-25)21-11-15-24(16-12-21)39-20-19-34-29(36)26-9-5-6-10-27(26)30(34)37/h5-6,9-18,25H,2-4,7-8,19-20H2,1H3. The van der Waals surface area contributed by atoms with Crippen molar-refractivity contribution in [2.45, 2.75) is 38.2 Å². The number of hydrogen-bond acceptors (Lipinski definition) is 7. The van der Waals surface area contributed by atoms with Crippen molar-refractivity contribution < 1.29 is 23.8 Å². The van der Waals surface area contributed by atoms with Gasteiger partial charge in [-0.15, -0.1) is 5.10 Å². The van der Waals surface area contributed by atoms with Crippen LogP contribution in [-0.4, -0.2) is 57.8 Å². The summed E-state index contributed by atoms with van der Waals surface area (Å²) < 4.78 is 19.1.